The first kappa shape index (κ1) is 54.7. The van der Waals surface area contributed by atoms with Gasteiger partial charge < -0.3 is 19.3 Å². The van der Waals surface area contributed by atoms with Gasteiger partial charge in [-0.2, -0.15) is 25.3 Å². The third kappa shape index (κ3) is 9.20. The van der Waals surface area contributed by atoms with Crippen LogP contribution in [-0.2, 0) is 65.1 Å². The van der Waals surface area contributed by atoms with E-state index in [9.17, 15) is 47.3 Å². The number of halogens is 1. The van der Waals surface area contributed by atoms with Gasteiger partial charge in [0, 0.05) is 121 Å². The molecule has 17 nitrogen and oxygen atoms in total. The Bertz CT molecular complexity index is 4250. The lowest BCUT2D eigenvalue weighted by Gasteiger charge is -2.49. The molecule has 80 heavy (non-hydrogen) atoms. The largest absolute Gasteiger partial charge is 0.456 e. The Morgan fingerprint density at radius 2 is 1.35 bits per heavy atom. The van der Waals surface area contributed by atoms with Gasteiger partial charge in [-0.15, -0.1) is 0 Å². The Kier molecular flexibility index (Phi) is 13.6. The molecule has 0 saturated carbocycles. The maximum Gasteiger partial charge on any atom is 0.295 e. The second-order valence-corrected chi connectivity index (χ2v) is 28.2. The number of fused-ring (bicyclic) bond motifs is 6. The molecule has 0 spiro atoms. The molecule has 5 aromatic carbocycles. The molecule has 1 aliphatic carbocycles. The minimum Gasteiger partial charge on any atom is -0.456 e. The zero-order valence-electron chi connectivity index (χ0n) is 44.4. The lowest BCUT2D eigenvalue weighted by molar-refractivity contribution is 0.281. The monoisotopic (exact) mass is 1180 g/mol. The summed E-state index contributed by atoms with van der Waals surface area (Å²) in [4.78, 5) is 4.59. The van der Waals surface area contributed by atoms with Crippen LogP contribution in [0.5, 0.6) is 17.2 Å². The Hall–Kier alpha value is -5.88. The van der Waals surface area contributed by atoms with Crippen molar-refractivity contribution < 1.29 is 56.8 Å². The van der Waals surface area contributed by atoms with E-state index in [0.29, 0.717) is 75.5 Å². The molecule has 12 rings (SSSR count). The van der Waals surface area contributed by atoms with E-state index < -0.39 is 59.0 Å². The summed E-state index contributed by atoms with van der Waals surface area (Å²) in [5.74, 6) is 2.10. The van der Waals surface area contributed by atoms with Crippen LogP contribution in [0.3, 0.4) is 0 Å². The molecule has 0 saturated heterocycles. The van der Waals surface area contributed by atoms with Crippen LogP contribution >= 0.6 is 10.7 Å². The first-order valence-electron chi connectivity index (χ1n) is 27.1. The molecule has 6 heterocycles. The predicted molar refractivity (Wildman–Crippen MR) is 304 cm³/mol. The maximum absolute atomic E-state index is 13.4. The van der Waals surface area contributed by atoms with Gasteiger partial charge in [0.1, 0.15) is 45.9 Å². The average molecular weight is 1180 g/mol. The number of ether oxygens (including phenoxy) is 2. The van der Waals surface area contributed by atoms with Gasteiger partial charge in [0.15, 0.2) is 0 Å². The summed E-state index contributed by atoms with van der Waals surface area (Å²) in [6.45, 7) is 13.0. The van der Waals surface area contributed by atoms with E-state index in [1.54, 1.807) is 0 Å². The van der Waals surface area contributed by atoms with E-state index in [4.69, 9.17) is 20.2 Å². The second-order valence-electron chi connectivity index (χ2n) is 21.4. The number of likely N-dealkylation sites (N-methyl/N-ethyl adjacent to an activating group) is 2. The van der Waals surface area contributed by atoms with E-state index in [0.717, 1.165) is 128 Å². The fraction of sp³-hybridized carbons (Fsp3) is 0.362. The average Bonchev–Trinajstić information content (AvgIpc) is 1.96. The minimum atomic E-state index is -5.05. The van der Waals surface area contributed by atoms with Gasteiger partial charge in [-0.25, -0.2) is 13.0 Å². The second kappa shape index (κ2) is 19.9. The molecule has 0 aromatic heterocycles. The fourth-order valence-corrected chi connectivity index (χ4v) is 16.6. The SMILES string of the molecule is CCN(CC)C1C=CC2=C(c3ccc(S(=O)(=O)O)cc3S(=O)(=O)O)c3ccc(N(CC)C(C)C4CCc5cc6c(c7c5N4CCC7)Oc4c5c7c(cc4=C6c4ccc(S(=O)(=O)Cl)cc4S(=O)(=O)O)CCC[N+]=7CCC5)cc3OC2=C1. The van der Waals surface area contributed by atoms with E-state index in [2.05, 4.69) is 59.1 Å². The summed E-state index contributed by atoms with van der Waals surface area (Å²) in [6.07, 6.45) is 12.0. The van der Waals surface area contributed by atoms with Crippen molar-refractivity contribution in [2.45, 2.75) is 117 Å². The van der Waals surface area contributed by atoms with Crippen molar-refractivity contribution in [3.63, 3.8) is 0 Å². The molecule has 6 aliphatic heterocycles. The third-order valence-corrected chi connectivity index (χ3v) is 21.2. The highest BCUT2D eigenvalue weighted by Crippen LogP contribution is 2.52. The van der Waals surface area contributed by atoms with Gasteiger partial charge >= 0.3 is 0 Å². The molecule has 0 radical (unpaired) electrons. The Labute approximate surface area is 470 Å². The van der Waals surface area contributed by atoms with Crippen molar-refractivity contribution in [2.24, 2.45) is 0 Å². The highest BCUT2D eigenvalue weighted by atomic mass is 35.7. The number of benzene rings is 5. The molecule has 0 bridgehead atoms. The molecule has 3 atom stereocenters. The smallest absolute Gasteiger partial charge is 0.295 e. The summed E-state index contributed by atoms with van der Waals surface area (Å²) in [6, 6.07) is 16.4. The van der Waals surface area contributed by atoms with Gasteiger partial charge in [-0.3, -0.25) is 18.6 Å². The standard InChI is InChI=1S/C58H59ClN4O13S4/c1-5-60(6-2)36-15-19-40-49(29-36)75-50-30-37(16-20-41(50)53(40)42-22-18-39(78(66,67)68)32-52(42)80(72,73)74)62(7-3)33(4)48-23-14-35-28-47-54(43-21-17-38(77(59,64)65)31-51(43)79(69,70)71)46-27-34-11-8-24-61-25-9-12-44(55(34)61)57(46)76-58(47)45-13-10-26-63(48)56(35)45/h15-22,27-33,36,48H,5-14,23-26H2,1-4H3,(H2-,66,67,68,69,70,71,72,73,74)/p+1. The number of aryl methyl sites for hydroxylation is 2. The van der Waals surface area contributed by atoms with E-state index >= 15 is 0 Å². The zero-order chi connectivity index (χ0) is 56.5. The van der Waals surface area contributed by atoms with Crippen LogP contribution in [0.25, 0.3) is 11.1 Å². The Balaban J connectivity index is 0.968. The zero-order valence-corrected chi connectivity index (χ0v) is 48.5. The lowest BCUT2D eigenvalue weighted by Crippen LogP contribution is -2.54. The first-order chi connectivity index (χ1) is 38.0. The quantitative estimate of drug-likeness (QED) is 0.0580. The van der Waals surface area contributed by atoms with Gasteiger partial charge in [-0.05, 0) is 126 Å². The summed E-state index contributed by atoms with van der Waals surface area (Å²) < 4.78 is 151. The summed E-state index contributed by atoms with van der Waals surface area (Å²) in [5.41, 5.74) is 8.87. The Morgan fingerprint density at radius 3 is 2.02 bits per heavy atom. The molecule has 3 unspecified atom stereocenters. The van der Waals surface area contributed by atoms with Crippen molar-refractivity contribution in [2.75, 3.05) is 49.1 Å². The van der Waals surface area contributed by atoms with Crippen LogP contribution < -0.4 is 34.4 Å². The molecular formula is C58H60ClN4O13S4+. The van der Waals surface area contributed by atoms with Crippen LogP contribution in [-0.4, -0.2) is 110 Å². The van der Waals surface area contributed by atoms with Crippen molar-refractivity contribution in [3.05, 3.63) is 151 Å². The van der Waals surface area contributed by atoms with Gasteiger partial charge in [0.05, 0.1) is 21.4 Å². The first-order valence-corrected chi connectivity index (χ1v) is 33.7. The summed E-state index contributed by atoms with van der Waals surface area (Å²) >= 11 is 0. The Morgan fingerprint density at radius 1 is 0.688 bits per heavy atom. The van der Waals surface area contributed by atoms with Crippen molar-refractivity contribution in [3.8, 4) is 17.2 Å². The highest BCUT2D eigenvalue weighted by Gasteiger charge is 2.42. The molecule has 5 aromatic rings. The van der Waals surface area contributed by atoms with E-state index in [-0.39, 0.29) is 29.3 Å². The van der Waals surface area contributed by atoms with Crippen molar-refractivity contribution in [1.82, 2.24) is 9.48 Å². The third-order valence-electron chi connectivity index (χ3n) is 17.2. The molecule has 22 heteroatoms. The number of nitrogens with zero attached hydrogens (tertiary/aromatic N) is 4. The van der Waals surface area contributed by atoms with Crippen LogP contribution in [0.1, 0.15) is 97.9 Å². The fourth-order valence-electron chi connectivity index (χ4n) is 13.7. The number of anilines is 2. The van der Waals surface area contributed by atoms with Crippen LogP contribution in [0.2, 0.25) is 0 Å². The van der Waals surface area contributed by atoms with Crippen LogP contribution in [0, 0.1) is 0 Å². The van der Waals surface area contributed by atoms with Crippen LogP contribution in [0.4, 0.5) is 11.4 Å². The molecule has 420 valence electrons. The van der Waals surface area contributed by atoms with Gasteiger partial charge in [0.25, 0.3) is 39.4 Å². The van der Waals surface area contributed by atoms with E-state index in [1.807, 2.05) is 36.4 Å². The van der Waals surface area contributed by atoms with Gasteiger partial charge in [0.2, 0.25) is 5.36 Å². The highest BCUT2D eigenvalue weighted by molar-refractivity contribution is 8.13. The molecule has 7 aliphatic rings. The predicted octanol–water partition coefficient (Wildman–Crippen LogP) is 7.43. The molecule has 3 N–H and O–H groups in total. The summed E-state index contributed by atoms with van der Waals surface area (Å²) in [5, 5.41) is 1.84. The van der Waals surface area contributed by atoms with Crippen molar-refractivity contribution in [1.29, 1.82) is 0 Å². The topological polar surface area (TPSA) is 228 Å². The number of hydrogen-bond acceptors (Lipinski definition) is 13. The molecular weight excluding hydrogens is 1120 g/mol. The van der Waals surface area contributed by atoms with Gasteiger partial charge in [-0.1, -0.05) is 38.1 Å². The van der Waals surface area contributed by atoms with Crippen molar-refractivity contribution >= 4 is 72.6 Å². The van der Waals surface area contributed by atoms with E-state index in [1.165, 1.54) is 18.2 Å². The molecule has 0 fully saturated rings. The number of allylic oxidation sites excluding steroid dienone is 1. The molecule has 0 amide bonds. The normalized spacial score (nSPS) is 19.7. The minimum absolute atomic E-state index is 0.0181. The number of rotatable bonds is 13. The van der Waals surface area contributed by atoms with Crippen LogP contribution in [0.15, 0.2) is 116 Å². The number of hydrogen-bond donors (Lipinski definition) is 3. The lowest BCUT2D eigenvalue weighted by atomic mass is 9.80. The maximum atomic E-state index is 13.4. The summed E-state index contributed by atoms with van der Waals surface area (Å²) in [7, 11) is -13.5.